The molecule has 0 saturated carbocycles. The lowest BCUT2D eigenvalue weighted by Gasteiger charge is -2.32. The monoisotopic (exact) mass is 923 g/mol. The topological polar surface area (TPSA) is 76.9 Å². The van der Waals surface area contributed by atoms with E-state index in [2.05, 4.69) is 90.9 Å². The molecule has 1 aliphatic rings. The molecule has 0 amide bonds. The van der Waals surface area contributed by atoms with Crippen molar-refractivity contribution in [2.24, 2.45) is 0 Å². The minimum Gasteiger partial charge on any atom is -0.505 e. The fourth-order valence-corrected chi connectivity index (χ4v) is 5.87. The summed E-state index contributed by atoms with van der Waals surface area (Å²) >= 11 is 2.29. The van der Waals surface area contributed by atoms with Gasteiger partial charge in [-0.25, -0.2) is 0 Å². The molecule has 0 aliphatic carbocycles. The van der Waals surface area contributed by atoms with E-state index in [-0.39, 0.29) is 18.7 Å². The van der Waals surface area contributed by atoms with Crippen LogP contribution in [-0.2, 0) is 13.6 Å². The Bertz CT molecular complexity index is 1990. The Kier molecular flexibility index (Phi) is 23.3. The molecule has 0 spiro atoms. The zero-order chi connectivity index (χ0) is 44.6. The van der Waals surface area contributed by atoms with E-state index in [0.29, 0.717) is 24.5 Å². The third kappa shape index (κ3) is 18.2. The highest BCUT2D eigenvalue weighted by atomic mass is 127. The first kappa shape index (κ1) is 47.7. The SMILES string of the molecule is CC.CC.CC.CCI.[2H]c1cnc2c(c1)N(CO[Si](C)(C)C)C(=C(O)c1ccccc1)C=C2.[2H]c1cnc2ccc(C(OCO[Si](C)(C)C)c3ccccc3)cc2c1. The number of aromatic nitrogens is 2. The summed E-state index contributed by atoms with van der Waals surface area (Å²) in [7, 11) is -3.39. The maximum absolute atomic E-state index is 10.8. The highest BCUT2D eigenvalue weighted by Gasteiger charge is 2.25. The van der Waals surface area contributed by atoms with Gasteiger partial charge in [0.25, 0.3) is 0 Å². The Morgan fingerprint density at radius 2 is 1.30 bits per heavy atom. The predicted octanol–water partition coefficient (Wildman–Crippen LogP) is 14.3. The molecule has 5 aromatic rings. The molecule has 10 heteroatoms. The van der Waals surface area contributed by atoms with Gasteiger partial charge in [0, 0.05) is 23.3 Å². The summed E-state index contributed by atoms with van der Waals surface area (Å²) in [4.78, 5) is 10.5. The average Bonchev–Trinajstić information content (AvgIpc) is 3.23. The Morgan fingerprint density at radius 3 is 1.89 bits per heavy atom. The van der Waals surface area contributed by atoms with Gasteiger partial charge in [0.05, 0.1) is 25.3 Å². The van der Waals surface area contributed by atoms with E-state index < -0.39 is 16.6 Å². The smallest absolute Gasteiger partial charge is 0.186 e. The molecule has 1 atom stereocenters. The van der Waals surface area contributed by atoms with Gasteiger partial charge >= 0.3 is 0 Å². The van der Waals surface area contributed by atoms with E-state index in [0.717, 1.165) is 39.0 Å². The van der Waals surface area contributed by atoms with Gasteiger partial charge in [0.2, 0.25) is 0 Å². The second-order valence-electron chi connectivity index (χ2n) is 13.6. The Balaban J connectivity index is 0.000000495. The quantitative estimate of drug-likeness (QED) is 0.0491. The number of hydrogen-bond acceptors (Lipinski definition) is 7. The van der Waals surface area contributed by atoms with E-state index in [1.165, 1.54) is 10.6 Å². The van der Waals surface area contributed by atoms with Crippen LogP contribution >= 0.6 is 22.6 Å². The number of rotatable bonds is 10. The molecular formula is C47H68IN3O4Si2. The second-order valence-corrected chi connectivity index (χ2v) is 24.1. The summed E-state index contributed by atoms with van der Waals surface area (Å²) in [6.45, 7) is 27.5. The maximum atomic E-state index is 10.8. The highest BCUT2D eigenvalue weighted by molar-refractivity contribution is 14.1. The molecule has 7 nitrogen and oxygen atoms in total. The van der Waals surface area contributed by atoms with Crippen LogP contribution in [0.3, 0.4) is 0 Å². The molecule has 0 fully saturated rings. The van der Waals surface area contributed by atoms with Gasteiger partial charge in [0.15, 0.2) is 16.6 Å². The molecule has 1 N–H and O–H groups in total. The summed E-state index contributed by atoms with van der Waals surface area (Å²) in [6, 6.07) is 29.9. The number of alkyl halides is 1. The summed E-state index contributed by atoms with van der Waals surface area (Å²) in [5.74, 6) is 0.178. The van der Waals surface area contributed by atoms with Crippen molar-refractivity contribution >= 4 is 67.7 Å². The van der Waals surface area contributed by atoms with Gasteiger partial charge in [-0.3, -0.25) is 9.97 Å². The van der Waals surface area contributed by atoms with Crippen LogP contribution in [0.4, 0.5) is 5.69 Å². The molecule has 3 aromatic carbocycles. The number of fused-ring (bicyclic) bond motifs is 2. The number of benzene rings is 3. The van der Waals surface area contributed by atoms with Crippen molar-refractivity contribution in [3.63, 3.8) is 0 Å². The zero-order valence-corrected chi connectivity index (χ0v) is 40.7. The number of ether oxygens (including phenoxy) is 1. The van der Waals surface area contributed by atoms with E-state index in [1.807, 2.05) is 131 Å². The molecule has 2 aromatic heterocycles. The van der Waals surface area contributed by atoms with Gasteiger partial charge < -0.3 is 23.6 Å². The number of hydrogen-bond donors (Lipinski definition) is 1. The summed E-state index contributed by atoms with van der Waals surface area (Å²) < 4.78 is 35.0. The molecule has 3 heterocycles. The third-order valence-electron chi connectivity index (χ3n) is 7.36. The van der Waals surface area contributed by atoms with Crippen LogP contribution in [0.5, 0.6) is 0 Å². The van der Waals surface area contributed by atoms with Crippen molar-refractivity contribution in [1.29, 1.82) is 0 Å². The fourth-order valence-electron chi connectivity index (χ4n) is 4.93. The van der Waals surface area contributed by atoms with E-state index >= 15 is 0 Å². The fraction of sp³-hybridized carbons (Fsp3) is 0.362. The molecule has 0 bridgehead atoms. The van der Waals surface area contributed by atoms with Gasteiger partial charge in [0.1, 0.15) is 25.4 Å². The predicted molar refractivity (Wildman–Crippen MR) is 260 cm³/mol. The van der Waals surface area contributed by atoms with Gasteiger partial charge in [-0.2, -0.15) is 0 Å². The minimum absolute atomic E-state index is 0.178. The van der Waals surface area contributed by atoms with Crippen molar-refractivity contribution in [3.05, 3.63) is 150 Å². The number of aliphatic hydroxyl groups excluding tert-OH is 1. The van der Waals surface area contributed by atoms with E-state index in [1.54, 1.807) is 12.3 Å². The summed E-state index contributed by atoms with van der Waals surface area (Å²) in [6.07, 6.45) is 6.57. The number of anilines is 1. The largest absolute Gasteiger partial charge is 0.505 e. The third-order valence-corrected chi connectivity index (χ3v) is 9.34. The molecule has 0 radical (unpaired) electrons. The van der Waals surface area contributed by atoms with E-state index in [4.69, 9.17) is 16.3 Å². The molecular weight excluding hydrogens is 854 g/mol. The van der Waals surface area contributed by atoms with Crippen molar-refractivity contribution < 1.29 is 21.4 Å². The second kappa shape index (κ2) is 27.9. The number of allylic oxidation sites excluding steroid dienone is 1. The average molecular weight is 924 g/mol. The molecule has 6 rings (SSSR count). The molecule has 0 saturated heterocycles. The number of halogens is 1. The Labute approximate surface area is 363 Å². The number of pyridine rings is 2. The lowest BCUT2D eigenvalue weighted by Crippen LogP contribution is -2.35. The van der Waals surface area contributed by atoms with Crippen LogP contribution in [0.15, 0.2) is 127 Å². The molecule has 1 unspecified atom stereocenters. The van der Waals surface area contributed by atoms with Gasteiger partial charge in [-0.1, -0.05) is 144 Å². The highest BCUT2D eigenvalue weighted by Crippen LogP contribution is 2.33. The van der Waals surface area contributed by atoms with Crippen LogP contribution in [0, 0.1) is 0 Å². The van der Waals surface area contributed by atoms with Crippen LogP contribution in [0.25, 0.3) is 22.7 Å². The molecule has 310 valence electrons. The lowest BCUT2D eigenvalue weighted by molar-refractivity contribution is -0.0244. The Morgan fingerprint density at radius 1 is 0.737 bits per heavy atom. The van der Waals surface area contributed by atoms with Crippen molar-refractivity contribution in [3.8, 4) is 0 Å². The standard InChI is InChI=1S/C20H23NO2Si.C19H22N2O2Si.C2H5I.3C2H6/c1-24(2,3)23-15-22-20(16-8-5-4-6-9-16)18-11-12-19-17(14-18)10-7-13-21-19;1-24(2,3)23-14-21-17-10-7-13-20-16(17)11-12-18(21)19(22)15-8-5-4-6-9-15;1-2-3;3*1-2/h4-14,20H,15H2,1-3H3;4-13,22H,14H2,1-3H3;2H2,1H3;3*1-2H3/i2*7D;;;;. The minimum atomic E-state index is -1.76. The van der Waals surface area contributed by atoms with Gasteiger partial charge in [-0.15, -0.1) is 0 Å². The van der Waals surface area contributed by atoms with E-state index in [9.17, 15) is 5.11 Å². The number of aliphatic hydroxyl groups is 1. The summed E-state index contributed by atoms with van der Waals surface area (Å²) in [5, 5.41) is 11.8. The van der Waals surface area contributed by atoms with Crippen molar-refractivity contribution in [1.82, 2.24) is 9.97 Å². The first-order chi connectivity index (χ1) is 28.2. The van der Waals surface area contributed by atoms with Crippen LogP contribution in [-0.4, -0.2) is 49.7 Å². The van der Waals surface area contributed by atoms with Crippen molar-refractivity contribution in [2.75, 3.05) is 22.9 Å². The normalized spacial score (nSPS) is 13.4. The Hall–Kier alpha value is -3.66. The van der Waals surface area contributed by atoms with Crippen molar-refractivity contribution in [2.45, 2.75) is 93.9 Å². The lowest BCUT2D eigenvalue weighted by atomic mass is 10.00. The first-order valence-corrected chi connectivity index (χ1v) is 28.3. The zero-order valence-electron chi connectivity index (χ0n) is 38.6. The van der Waals surface area contributed by atoms with Crippen LogP contribution in [0.2, 0.25) is 39.3 Å². The van der Waals surface area contributed by atoms with Gasteiger partial charge in [-0.05, 0) is 97.3 Å². The first-order valence-electron chi connectivity index (χ1n) is 21.0. The number of nitrogens with zero attached hydrogens (tertiary/aromatic N) is 3. The van der Waals surface area contributed by atoms with Crippen LogP contribution < -0.4 is 4.90 Å². The molecule has 1 aliphatic heterocycles. The maximum Gasteiger partial charge on any atom is 0.186 e. The molecule has 57 heavy (non-hydrogen) atoms. The van der Waals surface area contributed by atoms with Crippen LogP contribution in [0.1, 0.15) is 79.7 Å². The summed E-state index contributed by atoms with van der Waals surface area (Å²) in [5.41, 5.74) is 5.90.